The number of fused-ring (bicyclic) bond motifs is 1. The van der Waals surface area contributed by atoms with Crippen LogP contribution in [0.1, 0.15) is 11.3 Å². The zero-order chi connectivity index (χ0) is 12.6. The standard InChI is InChI=1S/C11H13N3O3/c1-6-7(2)17-10-9(6)11(16)14(5-13-10)4-8(15)12-3/h5H,4H2,1-3H3,(H,12,15). The molecule has 0 unspecified atom stereocenters. The molecule has 0 aliphatic carbocycles. The number of nitrogens with one attached hydrogen (secondary N) is 1. The van der Waals surface area contributed by atoms with Gasteiger partial charge in [0, 0.05) is 12.6 Å². The SMILES string of the molecule is CNC(=O)Cn1cnc2oc(C)c(C)c2c1=O. The van der Waals surface area contributed by atoms with Gasteiger partial charge in [0.1, 0.15) is 24.0 Å². The van der Waals surface area contributed by atoms with Gasteiger partial charge >= 0.3 is 0 Å². The molecule has 0 fully saturated rings. The second-order valence-electron chi connectivity index (χ2n) is 3.81. The maximum Gasteiger partial charge on any atom is 0.265 e. The van der Waals surface area contributed by atoms with Crippen molar-refractivity contribution >= 4 is 17.0 Å². The van der Waals surface area contributed by atoms with Crippen LogP contribution in [0.3, 0.4) is 0 Å². The molecule has 0 aliphatic rings. The molecule has 0 saturated heterocycles. The predicted octanol–water partition coefficient (Wildman–Crippen LogP) is 0.352. The van der Waals surface area contributed by atoms with E-state index in [4.69, 9.17) is 4.42 Å². The maximum atomic E-state index is 12.1. The highest BCUT2D eigenvalue weighted by Crippen LogP contribution is 2.18. The van der Waals surface area contributed by atoms with E-state index < -0.39 is 0 Å². The van der Waals surface area contributed by atoms with Crippen LogP contribution in [-0.4, -0.2) is 22.5 Å². The lowest BCUT2D eigenvalue weighted by molar-refractivity contribution is -0.121. The predicted molar refractivity (Wildman–Crippen MR) is 61.8 cm³/mol. The number of likely N-dealkylation sites (N-methyl/N-ethyl adjacent to an activating group) is 1. The lowest BCUT2D eigenvalue weighted by atomic mass is 10.2. The maximum absolute atomic E-state index is 12.1. The Labute approximate surface area is 97.3 Å². The van der Waals surface area contributed by atoms with Crippen LogP contribution in [0.15, 0.2) is 15.5 Å². The highest BCUT2D eigenvalue weighted by molar-refractivity contribution is 5.78. The molecule has 0 radical (unpaired) electrons. The molecule has 2 rings (SSSR count). The van der Waals surface area contributed by atoms with E-state index in [1.807, 2.05) is 0 Å². The van der Waals surface area contributed by atoms with Crippen molar-refractivity contribution in [2.24, 2.45) is 0 Å². The van der Waals surface area contributed by atoms with Crippen LogP contribution in [0, 0.1) is 13.8 Å². The summed E-state index contributed by atoms with van der Waals surface area (Å²) >= 11 is 0. The number of carbonyl (C=O) groups excluding carboxylic acids is 1. The van der Waals surface area contributed by atoms with E-state index >= 15 is 0 Å². The summed E-state index contributed by atoms with van der Waals surface area (Å²) in [5, 5.41) is 2.90. The van der Waals surface area contributed by atoms with Gasteiger partial charge in [-0.05, 0) is 13.8 Å². The normalized spacial score (nSPS) is 10.8. The Morgan fingerprint density at radius 1 is 1.53 bits per heavy atom. The molecular weight excluding hydrogens is 222 g/mol. The second-order valence-corrected chi connectivity index (χ2v) is 3.81. The van der Waals surface area contributed by atoms with Crippen LogP contribution >= 0.6 is 0 Å². The zero-order valence-electron chi connectivity index (χ0n) is 9.90. The van der Waals surface area contributed by atoms with E-state index in [9.17, 15) is 9.59 Å². The minimum atomic E-state index is -0.257. The number of hydrogen-bond acceptors (Lipinski definition) is 4. The minimum absolute atomic E-state index is 0.0397. The van der Waals surface area contributed by atoms with Crippen LogP contribution in [0.2, 0.25) is 0 Å². The molecule has 0 spiro atoms. The van der Waals surface area contributed by atoms with Gasteiger partial charge in [-0.25, -0.2) is 4.98 Å². The fourth-order valence-electron chi connectivity index (χ4n) is 1.62. The van der Waals surface area contributed by atoms with Crippen LogP contribution in [-0.2, 0) is 11.3 Å². The topological polar surface area (TPSA) is 77.1 Å². The first-order valence-corrected chi connectivity index (χ1v) is 5.20. The van der Waals surface area contributed by atoms with Crippen molar-refractivity contribution in [3.63, 3.8) is 0 Å². The molecule has 0 aliphatic heterocycles. The van der Waals surface area contributed by atoms with E-state index in [1.165, 1.54) is 17.9 Å². The van der Waals surface area contributed by atoms with Crippen LogP contribution < -0.4 is 10.9 Å². The number of furan rings is 1. The Morgan fingerprint density at radius 3 is 2.88 bits per heavy atom. The van der Waals surface area contributed by atoms with Gasteiger partial charge in [0.05, 0.1) is 0 Å². The summed E-state index contributed by atoms with van der Waals surface area (Å²) in [6.07, 6.45) is 1.32. The fraction of sp³-hybridized carbons (Fsp3) is 0.364. The number of amides is 1. The molecule has 0 bridgehead atoms. The number of rotatable bonds is 2. The highest BCUT2D eigenvalue weighted by Gasteiger charge is 2.14. The van der Waals surface area contributed by atoms with Crippen LogP contribution in [0.4, 0.5) is 0 Å². The second kappa shape index (κ2) is 4.04. The first kappa shape index (κ1) is 11.4. The third-order valence-corrected chi connectivity index (χ3v) is 2.75. The van der Waals surface area contributed by atoms with Gasteiger partial charge in [0.25, 0.3) is 5.56 Å². The summed E-state index contributed by atoms with van der Waals surface area (Å²) in [4.78, 5) is 27.4. The lowest BCUT2D eigenvalue weighted by Gasteiger charge is -2.03. The van der Waals surface area contributed by atoms with E-state index in [-0.39, 0.29) is 18.0 Å². The van der Waals surface area contributed by atoms with Gasteiger partial charge in [0.2, 0.25) is 11.6 Å². The average molecular weight is 235 g/mol. The van der Waals surface area contributed by atoms with E-state index in [0.29, 0.717) is 16.9 Å². The lowest BCUT2D eigenvalue weighted by Crippen LogP contribution is -2.30. The first-order chi connectivity index (χ1) is 8.04. The molecule has 1 N–H and O–H groups in total. The van der Waals surface area contributed by atoms with Crippen molar-refractivity contribution in [1.29, 1.82) is 0 Å². The Kier molecular flexibility index (Phi) is 2.71. The Balaban J connectivity index is 2.61. The quantitative estimate of drug-likeness (QED) is 0.814. The summed E-state index contributed by atoms with van der Waals surface area (Å²) in [7, 11) is 1.52. The Bertz CT molecular complexity index is 639. The summed E-state index contributed by atoms with van der Waals surface area (Å²) in [5.41, 5.74) is 0.829. The number of hydrogen-bond donors (Lipinski definition) is 1. The van der Waals surface area contributed by atoms with Crippen LogP contribution in [0.25, 0.3) is 11.1 Å². The number of nitrogens with zero attached hydrogens (tertiary/aromatic N) is 2. The molecule has 17 heavy (non-hydrogen) atoms. The van der Waals surface area contributed by atoms with Gasteiger partial charge < -0.3 is 9.73 Å². The molecule has 0 atom stereocenters. The third kappa shape index (κ3) is 1.82. The highest BCUT2D eigenvalue weighted by atomic mass is 16.3. The third-order valence-electron chi connectivity index (χ3n) is 2.75. The molecule has 2 aromatic heterocycles. The van der Waals surface area contributed by atoms with Gasteiger partial charge in [-0.2, -0.15) is 0 Å². The smallest absolute Gasteiger partial charge is 0.265 e. The van der Waals surface area contributed by atoms with E-state index in [0.717, 1.165) is 5.56 Å². The van der Waals surface area contributed by atoms with E-state index in [1.54, 1.807) is 13.8 Å². The fourth-order valence-corrected chi connectivity index (χ4v) is 1.62. The molecule has 6 heteroatoms. The molecule has 1 amide bonds. The molecule has 6 nitrogen and oxygen atoms in total. The van der Waals surface area contributed by atoms with Crippen molar-refractivity contribution in [1.82, 2.24) is 14.9 Å². The van der Waals surface area contributed by atoms with Crippen molar-refractivity contribution in [2.45, 2.75) is 20.4 Å². The summed E-state index contributed by atoms with van der Waals surface area (Å²) < 4.78 is 6.61. The van der Waals surface area contributed by atoms with Gasteiger partial charge in [0.15, 0.2) is 0 Å². The average Bonchev–Trinajstić information content (AvgIpc) is 2.59. The van der Waals surface area contributed by atoms with Gasteiger partial charge in [-0.3, -0.25) is 14.2 Å². The van der Waals surface area contributed by atoms with Crippen molar-refractivity contribution in [3.8, 4) is 0 Å². The first-order valence-electron chi connectivity index (χ1n) is 5.20. The molecule has 2 aromatic rings. The largest absolute Gasteiger partial charge is 0.443 e. The minimum Gasteiger partial charge on any atom is -0.443 e. The number of carbonyl (C=O) groups is 1. The van der Waals surface area contributed by atoms with E-state index in [2.05, 4.69) is 10.3 Å². The molecule has 2 heterocycles. The van der Waals surface area contributed by atoms with Crippen LogP contribution in [0.5, 0.6) is 0 Å². The monoisotopic (exact) mass is 235 g/mol. The Hall–Kier alpha value is -2.11. The van der Waals surface area contributed by atoms with Crippen molar-refractivity contribution in [3.05, 3.63) is 28.0 Å². The van der Waals surface area contributed by atoms with Crippen molar-refractivity contribution in [2.75, 3.05) is 7.05 Å². The summed E-state index contributed by atoms with van der Waals surface area (Å²) in [5.74, 6) is 0.424. The zero-order valence-corrected chi connectivity index (χ0v) is 9.90. The molecule has 0 aromatic carbocycles. The van der Waals surface area contributed by atoms with Gasteiger partial charge in [-0.1, -0.05) is 0 Å². The van der Waals surface area contributed by atoms with Gasteiger partial charge in [-0.15, -0.1) is 0 Å². The Morgan fingerprint density at radius 2 is 2.24 bits per heavy atom. The number of aryl methyl sites for hydroxylation is 2. The van der Waals surface area contributed by atoms with Crippen molar-refractivity contribution < 1.29 is 9.21 Å². The number of aromatic nitrogens is 2. The molecule has 0 saturated carbocycles. The molecular formula is C11H13N3O3. The summed E-state index contributed by atoms with van der Waals surface area (Å²) in [6, 6.07) is 0. The molecule has 90 valence electrons. The summed E-state index contributed by atoms with van der Waals surface area (Å²) in [6.45, 7) is 3.54.